The third-order valence-corrected chi connectivity index (χ3v) is 2.80. The zero-order chi connectivity index (χ0) is 10.3. The Morgan fingerprint density at radius 2 is 2.14 bits per heavy atom. The van der Waals surface area contributed by atoms with Gasteiger partial charge in [-0.3, -0.25) is 0 Å². The van der Waals surface area contributed by atoms with Crippen LogP contribution in [0.3, 0.4) is 0 Å². The Morgan fingerprint density at radius 1 is 1.43 bits per heavy atom. The van der Waals surface area contributed by atoms with E-state index in [2.05, 4.69) is 39.5 Å². The topological polar surface area (TPSA) is 9.23 Å². The van der Waals surface area contributed by atoms with Gasteiger partial charge in [-0.05, 0) is 38.0 Å². The molecule has 0 aromatic heterocycles. The first kappa shape index (κ1) is 9.32. The summed E-state index contributed by atoms with van der Waals surface area (Å²) in [5.41, 5.74) is 3.63. The van der Waals surface area contributed by atoms with Crippen LogP contribution in [0.25, 0.3) is 0 Å². The molecule has 1 atom stereocenters. The summed E-state index contributed by atoms with van der Waals surface area (Å²) in [6.07, 6.45) is 2.83. The van der Waals surface area contributed by atoms with Gasteiger partial charge in [0.1, 0.15) is 11.4 Å². The van der Waals surface area contributed by atoms with Crippen molar-refractivity contribution in [1.82, 2.24) is 0 Å². The Bertz CT molecular complexity index is 392. The fourth-order valence-electron chi connectivity index (χ4n) is 2.08. The lowest BCUT2D eigenvalue weighted by Gasteiger charge is -2.18. The number of hydrogen-bond acceptors (Lipinski definition) is 1. The van der Waals surface area contributed by atoms with Gasteiger partial charge in [0.15, 0.2) is 0 Å². The van der Waals surface area contributed by atoms with Gasteiger partial charge in [0.25, 0.3) is 0 Å². The van der Waals surface area contributed by atoms with Crippen LogP contribution in [0.5, 0.6) is 5.75 Å². The maximum absolute atomic E-state index is 5.91. The molecule has 1 unspecified atom stereocenters. The number of aryl methyl sites for hydroxylation is 2. The van der Waals surface area contributed by atoms with Gasteiger partial charge in [0, 0.05) is 6.42 Å². The number of hydrogen-bond donors (Lipinski definition) is 0. The number of benzene rings is 1. The maximum Gasteiger partial charge on any atom is 0.128 e. The van der Waals surface area contributed by atoms with E-state index in [1.807, 2.05) is 6.08 Å². The van der Waals surface area contributed by atoms with Crippen LogP contribution in [0.15, 0.2) is 24.8 Å². The SMILES string of the molecule is C=CC1(C)Cc2cc(C)cc(C)c2O1. The second-order valence-corrected chi connectivity index (χ2v) is 4.37. The highest BCUT2D eigenvalue weighted by Gasteiger charge is 2.32. The highest BCUT2D eigenvalue weighted by molar-refractivity contribution is 5.48. The standard InChI is InChI=1S/C13H16O/c1-5-13(4)8-11-7-9(2)6-10(3)12(11)14-13/h5-7H,1,8H2,2-4H3. The van der Waals surface area contributed by atoms with Gasteiger partial charge in [-0.1, -0.05) is 24.3 Å². The molecule has 0 saturated carbocycles. The first-order chi connectivity index (χ1) is 6.54. The van der Waals surface area contributed by atoms with Crippen molar-refractivity contribution in [2.45, 2.75) is 32.8 Å². The predicted octanol–water partition coefficient (Wildman–Crippen LogP) is 3.18. The van der Waals surface area contributed by atoms with Gasteiger partial charge in [0.05, 0.1) is 0 Å². The summed E-state index contributed by atoms with van der Waals surface area (Å²) in [5, 5.41) is 0. The summed E-state index contributed by atoms with van der Waals surface area (Å²) in [7, 11) is 0. The molecule has 1 aromatic rings. The van der Waals surface area contributed by atoms with Crippen LogP contribution < -0.4 is 4.74 Å². The minimum atomic E-state index is -0.207. The van der Waals surface area contributed by atoms with Gasteiger partial charge in [-0.25, -0.2) is 0 Å². The van der Waals surface area contributed by atoms with Crippen molar-refractivity contribution < 1.29 is 4.74 Å². The van der Waals surface area contributed by atoms with Crippen molar-refractivity contribution in [2.24, 2.45) is 0 Å². The molecule has 1 aromatic carbocycles. The van der Waals surface area contributed by atoms with Crippen LogP contribution >= 0.6 is 0 Å². The van der Waals surface area contributed by atoms with Crippen LogP contribution in [0.4, 0.5) is 0 Å². The number of rotatable bonds is 1. The monoisotopic (exact) mass is 188 g/mol. The number of ether oxygens (including phenoxy) is 1. The van der Waals surface area contributed by atoms with Crippen LogP contribution in [-0.2, 0) is 6.42 Å². The fraction of sp³-hybridized carbons (Fsp3) is 0.385. The zero-order valence-electron chi connectivity index (χ0n) is 9.05. The van der Waals surface area contributed by atoms with Crippen molar-refractivity contribution >= 4 is 0 Å². The molecular formula is C13H16O. The van der Waals surface area contributed by atoms with E-state index < -0.39 is 0 Å². The van der Waals surface area contributed by atoms with Gasteiger partial charge < -0.3 is 4.74 Å². The molecule has 1 aliphatic rings. The summed E-state index contributed by atoms with van der Waals surface area (Å²) in [6.45, 7) is 10.1. The highest BCUT2D eigenvalue weighted by atomic mass is 16.5. The van der Waals surface area contributed by atoms with E-state index in [1.54, 1.807) is 0 Å². The zero-order valence-corrected chi connectivity index (χ0v) is 9.05. The van der Waals surface area contributed by atoms with Crippen molar-refractivity contribution in [3.05, 3.63) is 41.5 Å². The van der Waals surface area contributed by atoms with E-state index in [9.17, 15) is 0 Å². The Morgan fingerprint density at radius 3 is 2.79 bits per heavy atom. The summed E-state index contributed by atoms with van der Waals surface area (Å²) in [6, 6.07) is 4.37. The lowest BCUT2D eigenvalue weighted by molar-refractivity contribution is 0.170. The van der Waals surface area contributed by atoms with Gasteiger partial charge in [-0.15, -0.1) is 0 Å². The maximum atomic E-state index is 5.91. The molecule has 1 heterocycles. The quantitative estimate of drug-likeness (QED) is 0.615. The normalized spacial score (nSPS) is 24.2. The van der Waals surface area contributed by atoms with E-state index >= 15 is 0 Å². The molecule has 0 bridgehead atoms. The average molecular weight is 188 g/mol. The Hall–Kier alpha value is -1.24. The van der Waals surface area contributed by atoms with Crippen LogP contribution in [0.1, 0.15) is 23.6 Å². The summed E-state index contributed by atoms with van der Waals surface area (Å²) >= 11 is 0. The van der Waals surface area contributed by atoms with Crippen LogP contribution in [0.2, 0.25) is 0 Å². The molecule has 14 heavy (non-hydrogen) atoms. The third kappa shape index (κ3) is 1.33. The average Bonchev–Trinajstić information content (AvgIpc) is 2.43. The minimum Gasteiger partial charge on any atom is -0.483 e. The van der Waals surface area contributed by atoms with Gasteiger partial charge in [-0.2, -0.15) is 0 Å². The molecule has 0 fully saturated rings. The van der Waals surface area contributed by atoms with E-state index in [0.717, 1.165) is 12.2 Å². The van der Waals surface area contributed by atoms with Crippen LogP contribution in [0, 0.1) is 13.8 Å². The summed E-state index contributed by atoms with van der Waals surface area (Å²) < 4.78 is 5.91. The van der Waals surface area contributed by atoms with E-state index in [1.165, 1.54) is 16.7 Å². The molecule has 0 spiro atoms. The van der Waals surface area contributed by atoms with Gasteiger partial charge in [0.2, 0.25) is 0 Å². The molecule has 0 amide bonds. The molecule has 0 saturated heterocycles. The molecular weight excluding hydrogens is 172 g/mol. The third-order valence-electron chi connectivity index (χ3n) is 2.80. The minimum absolute atomic E-state index is 0.207. The molecule has 74 valence electrons. The first-order valence-corrected chi connectivity index (χ1v) is 4.97. The molecule has 0 radical (unpaired) electrons. The smallest absolute Gasteiger partial charge is 0.128 e. The van der Waals surface area contributed by atoms with Crippen LogP contribution in [-0.4, -0.2) is 5.60 Å². The predicted molar refractivity (Wildman–Crippen MR) is 58.9 cm³/mol. The Kier molecular flexibility index (Phi) is 1.91. The lowest BCUT2D eigenvalue weighted by atomic mass is 9.97. The van der Waals surface area contributed by atoms with Crippen molar-refractivity contribution in [2.75, 3.05) is 0 Å². The molecule has 1 nitrogen and oxygen atoms in total. The summed E-state index contributed by atoms with van der Waals surface area (Å²) in [5.74, 6) is 1.05. The molecule has 0 N–H and O–H groups in total. The van der Waals surface area contributed by atoms with Crippen molar-refractivity contribution in [1.29, 1.82) is 0 Å². The Labute approximate surface area is 85.4 Å². The second-order valence-electron chi connectivity index (χ2n) is 4.37. The molecule has 0 aliphatic carbocycles. The largest absolute Gasteiger partial charge is 0.483 e. The van der Waals surface area contributed by atoms with E-state index in [4.69, 9.17) is 4.74 Å². The molecule has 1 heteroatoms. The first-order valence-electron chi connectivity index (χ1n) is 4.97. The van der Waals surface area contributed by atoms with Gasteiger partial charge >= 0.3 is 0 Å². The van der Waals surface area contributed by atoms with Crippen molar-refractivity contribution in [3.63, 3.8) is 0 Å². The fourth-order valence-corrected chi connectivity index (χ4v) is 2.08. The van der Waals surface area contributed by atoms with E-state index in [0.29, 0.717) is 0 Å². The summed E-state index contributed by atoms with van der Waals surface area (Å²) in [4.78, 5) is 0. The van der Waals surface area contributed by atoms with E-state index in [-0.39, 0.29) is 5.60 Å². The van der Waals surface area contributed by atoms with Crippen molar-refractivity contribution in [3.8, 4) is 5.75 Å². The second kappa shape index (κ2) is 2.88. The molecule has 2 rings (SSSR count). The Balaban J connectivity index is 2.49. The number of fused-ring (bicyclic) bond motifs is 1. The highest BCUT2D eigenvalue weighted by Crippen LogP contribution is 2.38. The molecule has 1 aliphatic heterocycles. The lowest BCUT2D eigenvalue weighted by Crippen LogP contribution is -2.26.